The fraction of sp³-hybridized carbons (Fsp3) is 0. The van der Waals surface area contributed by atoms with Crippen molar-refractivity contribution < 1.29 is 8.83 Å². The van der Waals surface area contributed by atoms with Gasteiger partial charge in [-0.25, -0.2) is 15.0 Å². The van der Waals surface area contributed by atoms with Crippen LogP contribution in [0.5, 0.6) is 0 Å². The number of hydrogen-bond donors (Lipinski definition) is 0. The molecule has 0 N–H and O–H groups in total. The number of halogens is 1. The third kappa shape index (κ3) is 5.21. The zero-order chi connectivity index (χ0) is 35.6. The van der Waals surface area contributed by atoms with Gasteiger partial charge in [-0.05, 0) is 63.2 Å². The molecule has 6 heteroatoms. The first-order valence-electron chi connectivity index (χ1n) is 17.8. The van der Waals surface area contributed by atoms with Crippen LogP contribution in [-0.2, 0) is 0 Å². The van der Waals surface area contributed by atoms with E-state index in [1.165, 1.54) is 9.13 Å². The average Bonchev–Trinajstić information content (AvgIpc) is 3.82. The molecule has 54 heavy (non-hydrogen) atoms. The van der Waals surface area contributed by atoms with Gasteiger partial charge in [0.2, 0.25) is 0 Å². The standard InChI is InChI=1S/C48H28IN3O2/c1-2-11-29(12-3-1)46-50-47(31-22-23-41-30(25-31)13-10-24-49-41)52-48(51-46)34-27-32(35-16-8-18-39-37-14-4-6-20-42(37)53-44(35)39)26-33(28-34)36-17-9-19-40-38-15-5-7-21-43(38)54-45(36)40/h1-28H. The van der Waals surface area contributed by atoms with Crippen LogP contribution in [0.3, 0.4) is 0 Å². The number of aromatic nitrogens is 3. The van der Waals surface area contributed by atoms with Crippen LogP contribution in [0.15, 0.2) is 167 Å². The molecule has 0 aliphatic carbocycles. The third-order valence-electron chi connectivity index (χ3n) is 10.1. The Morgan fingerprint density at radius 2 is 0.944 bits per heavy atom. The van der Waals surface area contributed by atoms with E-state index in [1.54, 1.807) is 0 Å². The fourth-order valence-corrected chi connectivity index (χ4v) is 9.41. The lowest BCUT2D eigenvalue weighted by molar-refractivity contribution is 0.670. The number of allylic oxidation sites excluding steroid dienone is 1. The molecule has 0 amide bonds. The van der Waals surface area contributed by atoms with Gasteiger partial charge in [-0.3, -0.25) is 0 Å². The number of nitrogens with zero attached hydrogens (tertiary/aromatic N) is 3. The molecular formula is C48H28IN3O2. The predicted molar refractivity (Wildman–Crippen MR) is 229 cm³/mol. The molecule has 0 atom stereocenters. The second-order valence-corrected chi connectivity index (χ2v) is 15.9. The van der Waals surface area contributed by atoms with Gasteiger partial charge in [0, 0.05) is 52.9 Å². The first-order chi connectivity index (χ1) is 26.7. The quantitative estimate of drug-likeness (QED) is 0.162. The Morgan fingerprint density at radius 1 is 0.407 bits per heavy atom. The van der Waals surface area contributed by atoms with Crippen LogP contribution in [0.2, 0.25) is 0 Å². The fourth-order valence-electron chi connectivity index (χ4n) is 7.52. The molecule has 10 aromatic rings. The maximum absolute atomic E-state index is 6.57. The second-order valence-electron chi connectivity index (χ2n) is 13.4. The minimum atomic E-state index is -0.148. The number of benzene rings is 7. The molecule has 0 unspecified atom stereocenters. The van der Waals surface area contributed by atoms with E-state index >= 15 is 0 Å². The van der Waals surface area contributed by atoms with E-state index in [0.717, 1.165) is 82.8 Å². The van der Waals surface area contributed by atoms with Gasteiger partial charge in [0.15, 0.2) is 17.5 Å². The molecule has 1 aliphatic rings. The first-order valence-corrected chi connectivity index (χ1v) is 20.1. The van der Waals surface area contributed by atoms with Gasteiger partial charge in [-0.15, -0.1) is 0 Å². The maximum atomic E-state index is 6.57. The topological polar surface area (TPSA) is 65.0 Å². The highest BCUT2D eigenvalue weighted by Gasteiger charge is 2.20. The maximum Gasteiger partial charge on any atom is 0.164 e. The van der Waals surface area contributed by atoms with Crippen LogP contribution in [0.25, 0.3) is 106 Å². The summed E-state index contributed by atoms with van der Waals surface area (Å²) in [6, 6.07) is 52.4. The highest BCUT2D eigenvalue weighted by atomic mass is 127. The molecule has 0 saturated carbocycles. The SMILES string of the molecule is C1=Cc2cc(-c3nc(-c4ccccc4)nc(-c4cc(-c5cccc6c5oc5ccccc56)cc(-c5cccc6c5oc5ccccc56)c4)n3)ccc2I=C1. The van der Waals surface area contributed by atoms with Crippen LogP contribution < -0.4 is 0 Å². The Kier molecular flexibility index (Phi) is 7.23. The molecule has 11 rings (SSSR count). The number of rotatable bonds is 5. The lowest BCUT2D eigenvalue weighted by Crippen LogP contribution is -2.01. The first kappa shape index (κ1) is 31.1. The van der Waals surface area contributed by atoms with Crippen LogP contribution in [0.1, 0.15) is 5.56 Å². The Bertz CT molecular complexity index is 3040. The van der Waals surface area contributed by atoms with Crippen molar-refractivity contribution in [1.29, 1.82) is 0 Å². The molecular weight excluding hydrogens is 777 g/mol. The zero-order valence-corrected chi connectivity index (χ0v) is 30.9. The van der Waals surface area contributed by atoms with Crippen LogP contribution in [0.4, 0.5) is 0 Å². The molecule has 4 heterocycles. The molecule has 0 fully saturated rings. The number of hydrogen-bond acceptors (Lipinski definition) is 5. The molecule has 0 spiro atoms. The Labute approximate surface area is 320 Å². The lowest BCUT2D eigenvalue weighted by atomic mass is 9.94. The monoisotopic (exact) mass is 805 g/mol. The van der Waals surface area contributed by atoms with E-state index in [4.69, 9.17) is 23.8 Å². The predicted octanol–water partition coefficient (Wildman–Crippen LogP) is 13.0. The minimum absolute atomic E-state index is 0.148. The Hall–Kier alpha value is -6.51. The van der Waals surface area contributed by atoms with Crippen molar-refractivity contribution in [2.75, 3.05) is 0 Å². The van der Waals surface area contributed by atoms with Crippen molar-refractivity contribution in [3.63, 3.8) is 0 Å². The summed E-state index contributed by atoms with van der Waals surface area (Å²) in [5.41, 5.74) is 11.3. The van der Waals surface area contributed by atoms with Crippen molar-refractivity contribution in [1.82, 2.24) is 15.0 Å². The largest absolute Gasteiger partial charge is 0.455 e. The van der Waals surface area contributed by atoms with Gasteiger partial charge in [0.05, 0.1) is 0 Å². The summed E-state index contributed by atoms with van der Waals surface area (Å²) >= 11 is -0.148. The Morgan fingerprint density at radius 3 is 1.59 bits per heavy atom. The second kappa shape index (κ2) is 12.6. The summed E-state index contributed by atoms with van der Waals surface area (Å²) in [5, 5.41) is 4.33. The van der Waals surface area contributed by atoms with Crippen LogP contribution in [-0.4, -0.2) is 19.0 Å². The van der Waals surface area contributed by atoms with E-state index in [-0.39, 0.29) is 20.7 Å². The van der Waals surface area contributed by atoms with Crippen molar-refractivity contribution in [2.24, 2.45) is 0 Å². The molecule has 0 radical (unpaired) electrons. The van der Waals surface area contributed by atoms with Crippen molar-refractivity contribution >= 4 is 74.7 Å². The van der Waals surface area contributed by atoms with Crippen molar-refractivity contribution in [3.8, 4) is 56.4 Å². The highest BCUT2D eigenvalue weighted by Crippen LogP contribution is 2.42. The van der Waals surface area contributed by atoms with E-state index in [1.807, 2.05) is 54.6 Å². The van der Waals surface area contributed by atoms with Gasteiger partial charge in [-0.1, -0.05) is 142 Å². The molecule has 5 nitrogen and oxygen atoms in total. The molecule has 1 aliphatic heterocycles. The normalized spacial score (nSPS) is 12.4. The van der Waals surface area contributed by atoms with Gasteiger partial charge in [0.25, 0.3) is 0 Å². The summed E-state index contributed by atoms with van der Waals surface area (Å²) in [7, 11) is 0. The van der Waals surface area contributed by atoms with Gasteiger partial charge in [-0.2, -0.15) is 0 Å². The molecule has 3 aromatic heterocycles. The summed E-state index contributed by atoms with van der Waals surface area (Å²) in [5.74, 6) is 1.84. The molecule has 0 bridgehead atoms. The Balaban J connectivity index is 1.18. The molecule has 0 saturated heterocycles. The lowest BCUT2D eigenvalue weighted by Gasteiger charge is -2.13. The summed E-state index contributed by atoms with van der Waals surface area (Å²) in [4.78, 5) is 15.5. The smallest absolute Gasteiger partial charge is 0.164 e. The van der Waals surface area contributed by atoms with E-state index < -0.39 is 0 Å². The van der Waals surface area contributed by atoms with Gasteiger partial charge >= 0.3 is 0 Å². The van der Waals surface area contributed by atoms with E-state index in [0.29, 0.717) is 17.5 Å². The van der Waals surface area contributed by atoms with E-state index in [9.17, 15) is 0 Å². The van der Waals surface area contributed by atoms with Gasteiger partial charge < -0.3 is 8.83 Å². The zero-order valence-electron chi connectivity index (χ0n) is 28.7. The van der Waals surface area contributed by atoms with Gasteiger partial charge in [0.1, 0.15) is 22.3 Å². The molecule has 254 valence electrons. The van der Waals surface area contributed by atoms with Crippen molar-refractivity contribution in [3.05, 3.63) is 167 Å². The van der Waals surface area contributed by atoms with Crippen LogP contribution in [0, 0.1) is 3.57 Å². The molecule has 7 aromatic carbocycles. The number of furan rings is 2. The summed E-state index contributed by atoms with van der Waals surface area (Å²) in [6.45, 7) is 0. The highest BCUT2D eigenvalue weighted by molar-refractivity contribution is 14.2. The average molecular weight is 806 g/mol. The number of fused-ring (bicyclic) bond motifs is 7. The van der Waals surface area contributed by atoms with Crippen LogP contribution >= 0.6 is 20.7 Å². The summed E-state index contributed by atoms with van der Waals surface area (Å²) in [6.07, 6.45) is 4.33. The summed E-state index contributed by atoms with van der Waals surface area (Å²) < 4.78 is 16.8. The third-order valence-corrected chi connectivity index (χ3v) is 12.5. The minimum Gasteiger partial charge on any atom is -0.455 e. The van der Waals surface area contributed by atoms with Crippen molar-refractivity contribution in [2.45, 2.75) is 0 Å². The number of para-hydroxylation sites is 4. The van der Waals surface area contributed by atoms with E-state index in [2.05, 4.69) is 113 Å².